The first-order chi connectivity index (χ1) is 14.9. The molecule has 3 rings (SSSR count). The van der Waals surface area contributed by atoms with Crippen molar-refractivity contribution in [2.75, 3.05) is 4.90 Å². The van der Waals surface area contributed by atoms with Gasteiger partial charge in [-0.05, 0) is 55.5 Å². The van der Waals surface area contributed by atoms with Crippen LogP contribution in [-0.2, 0) is 11.2 Å². The highest BCUT2D eigenvalue weighted by atomic mass is 32.1. The molecule has 0 spiro atoms. The summed E-state index contributed by atoms with van der Waals surface area (Å²) in [6.07, 6.45) is 4.90. The highest BCUT2D eigenvalue weighted by molar-refractivity contribution is 7.13. The number of aromatic carboxylic acids is 1. The maximum atomic E-state index is 12.6. The van der Waals surface area contributed by atoms with E-state index in [1.165, 1.54) is 11.3 Å². The van der Waals surface area contributed by atoms with Gasteiger partial charge in [-0.3, -0.25) is 4.79 Å². The van der Waals surface area contributed by atoms with E-state index in [0.29, 0.717) is 17.7 Å². The number of aryl methyl sites for hydroxylation is 1. The fourth-order valence-electron chi connectivity index (χ4n) is 4.15. The molecule has 1 aliphatic heterocycles. The lowest BCUT2D eigenvalue weighted by molar-refractivity contribution is -0.117. The van der Waals surface area contributed by atoms with Crippen molar-refractivity contribution in [1.29, 1.82) is 0 Å². The number of nitrogens with zero attached hydrogens (tertiary/aromatic N) is 1. The average Bonchev–Trinajstić information content (AvgIpc) is 3.33. The molecule has 3 unspecified atom stereocenters. The number of unbranched alkanes of at least 4 members (excludes halogenated alkanes) is 2. The number of benzene rings is 1. The van der Waals surface area contributed by atoms with E-state index < -0.39 is 18.2 Å². The highest BCUT2D eigenvalue weighted by Gasteiger charge is 2.39. The van der Waals surface area contributed by atoms with Crippen molar-refractivity contribution in [2.45, 2.75) is 76.5 Å². The molecular weight excluding hydrogens is 414 g/mol. The topological polar surface area (TPSA) is 98.1 Å². The van der Waals surface area contributed by atoms with Crippen LogP contribution in [0.2, 0.25) is 0 Å². The third kappa shape index (κ3) is 5.93. The first-order valence-electron chi connectivity index (χ1n) is 11.0. The maximum absolute atomic E-state index is 12.6. The molecule has 2 heterocycles. The SMILES string of the molecule is CCCCCC(O)c1ccc(N2C(=O)CC(O)C2CCCc2ccc(C(=O)O)s2)cc1. The largest absolute Gasteiger partial charge is 0.477 e. The van der Waals surface area contributed by atoms with Crippen molar-refractivity contribution >= 4 is 28.9 Å². The van der Waals surface area contributed by atoms with Gasteiger partial charge in [-0.25, -0.2) is 4.79 Å². The van der Waals surface area contributed by atoms with E-state index in [-0.39, 0.29) is 18.4 Å². The summed E-state index contributed by atoms with van der Waals surface area (Å²) in [6, 6.07) is 10.6. The molecule has 1 fully saturated rings. The predicted octanol–water partition coefficient (Wildman–Crippen LogP) is 4.55. The second-order valence-corrected chi connectivity index (χ2v) is 9.34. The summed E-state index contributed by atoms with van der Waals surface area (Å²) in [5.74, 6) is -1.02. The molecule has 3 atom stereocenters. The maximum Gasteiger partial charge on any atom is 0.345 e. The Balaban J connectivity index is 1.61. The second kappa shape index (κ2) is 10.9. The molecule has 2 aromatic rings. The number of carbonyl (C=O) groups excluding carboxylic acids is 1. The third-order valence-electron chi connectivity index (χ3n) is 5.86. The van der Waals surface area contributed by atoms with Crippen LogP contribution in [0.5, 0.6) is 0 Å². The zero-order valence-corrected chi connectivity index (χ0v) is 18.7. The zero-order valence-electron chi connectivity index (χ0n) is 17.9. The Labute approximate surface area is 187 Å². The molecule has 0 bridgehead atoms. The van der Waals surface area contributed by atoms with Gasteiger partial charge >= 0.3 is 5.97 Å². The summed E-state index contributed by atoms with van der Waals surface area (Å²) >= 11 is 1.27. The average molecular weight is 446 g/mol. The van der Waals surface area contributed by atoms with Gasteiger partial charge in [-0.1, -0.05) is 38.3 Å². The summed E-state index contributed by atoms with van der Waals surface area (Å²) < 4.78 is 0. The summed E-state index contributed by atoms with van der Waals surface area (Å²) in [6.45, 7) is 2.13. The monoisotopic (exact) mass is 445 g/mol. The number of hydrogen-bond donors (Lipinski definition) is 3. The van der Waals surface area contributed by atoms with Crippen molar-refractivity contribution in [1.82, 2.24) is 0 Å². The molecule has 7 heteroatoms. The summed E-state index contributed by atoms with van der Waals surface area (Å²) in [5, 5.41) is 29.9. The van der Waals surface area contributed by atoms with E-state index in [1.807, 2.05) is 30.3 Å². The van der Waals surface area contributed by atoms with Gasteiger partial charge in [0.15, 0.2) is 0 Å². The first kappa shape index (κ1) is 23.4. The number of carboxylic acids is 1. The van der Waals surface area contributed by atoms with Crippen LogP contribution >= 0.6 is 11.3 Å². The summed E-state index contributed by atoms with van der Waals surface area (Å²) in [7, 11) is 0. The molecule has 6 nitrogen and oxygen atoms in total. The first-order valence-corrected chi connectivity index (χ1v) is 11.8. The Morgan fingerprint density at radius 1 is 1.16 bits per heavy atom. The minimum atomic E-state index is -0.918. The number of amides is 1. The number of hydrogen-bond acceptors (Lipinski definition) is 5. The Morgan fingerprint density at radius 3 is 2.55 bits per heavy atom. The van der Waals surface area contributed by atoms with Gasteiger partial charge in [0.2, 0.25) is 5.91 Å². The van der Waals surface area contributed by atoms with Crippen molar-refractivity contribution in [3.63, 3.8) is 0 Å². The number of aliphatic hydroxyl groups excluding tert-OH is 2. The molecule has 1 saturated heterocycles. The number of aliphatic hydroxyl groups is 2. The summed E-state index contributed by atoms with van der Waals surface area (Å²) in [5.41, 5.74) is 1.58. The fraction of sp³-hybridized carbons (Fsp3) is 0.500. The van der Waals surface area contributed by atoms with Crippen molar-refractivity contribution in [2.24, 2.45) is 0 Å². The van der Waals surface area contributed by atoms with Gasteiger partial charge < -0.3 is 20.2 Å². The number of anilines is 1. The Hall–Kier alpha value is -2.22. The third-order valence-corrected chi connectivity index (χ3v) is 6.99. The van der Waals surface area contributed by atoms with Gasteiger partial charge in [0.1, 0.15) is 4.88 Å². The van der Waals surface area contributed by atoms with Gasteiger partial charge in [0.25, 0.3) is 0 Å². The van der Waals surface area contributed by atoms with Crippen LogP contribution in [0.25, 0.3) is 0 Å². The van der Waals surface area contributed by atoms with Crippen LogP contribution in [0.3, 0.4) is 0 Å². The zero-order chi connectivity index (χ0) is 22.4. The van der Waals surface area contributed by atoms with Crippen LogP contribution in [0, 0.1) is 0 Å². The van der Waals surface area contributed by atoms with Gasteiger partial charge in [0.05, 0.1) is 24.7 Å². The summed E-state index contributed by atoms with van der Waals surface area (Å²) in [4.78, 5) is 26.6. The van der Waals surface area contributed by atoms with Crippen LogP contribution in [0.4, 0.5) is 5.69 Å². The predicted molar refractivity (Wildman–Crippen MR) is 122 cm³/mol. The highest BCUT2D eigenvalue weighted by Crippen LogP contribution is 2.32. The van der Waals surface area contributed by atoms with Gasteiger partial charge in [-0.2, -0.15) is 0 Å². The van der Waals surface area contributed by atoms with E-state index in [0.717, 1.165) is 48.2 Å². The lowest BCUT2D eigenvalue weighted by atomic mass is 10.0. The van der Waals surface area contributed by atoms with Crippen molar-refractivity contribution in [3.8, 4) is 0 Å². The van der Waals surface area contributed by atoms with Gasteiger partial charge in [-0.15, -0.1) is 11.3 Å². The fourth-order valence-corrected chi connectivity index (χ4v) is 5.04. The molecule has 0 aliphatic carbocycles. The lowest BCUT2D eigenvalue weighted by Crippen LogP contribution is -2.37. The molecule has 0 radical (unpaired) electrons. The molecule has 3 N–H and O–H groups in total. The molecule has 1 aromatic heterocycles. The minimum absolute atomic E-state index is 0.0990. The standard InChI is InChI=1S/C24H31NO5S/c1-2-3-4-8-20(26)16-9-11-17(12-10-16)25-19(21(27)15-23(25)28)7-5-6-18-13-14-22(31-18)24(29)30/h9-14,19-21,26-27H,2-8,15H2,1H3,(H,29,30). The van der Waals surface area contributed by atoms with E-state index >= 15 is 0 Å². The molecule has 1 aromatic carbocycles. The second-order valence-electron chi connectivity index (χ2n) is 8.17. The molecular formula is C24H31NO5S. The molecule has 0 saturated carbocycles. The van der Waals surface area contributed by atoms with E-state index in [9.17, 15) is 19.8 Å². The number of rotatable bonds is 11. The molecule has 1 aliphatic rings. The molecule has 31 heavy (non-hydrogen) atoms. The normalized spacial score (nSPS) is 19.7. The van der Waals surface area contributed by atoms with Crippen LogP contribution in [-0.4, -0.2) is 39.3 Å². The molecule has 1 amide bonds. The minimum Gasteiger partial charge on any atom is -0.477 e. The van der Waals surface area contributed by atoms with Crippen LogP contribution < -0.4 is 4.90 Å². The van der Waals surface area contributed by atoms with E-state index in [2.05, 4.69) is 6.92 Å². The lowest BCUT2D eigenvalue weighted by Gasteiger charge is -2.27. The number of carbonyl (C=O) groups is 2. The van der Waals surface area contributed by atoms with Crippen LogP contribution in [0.1, 0.15) is 78.1 Å². The number of carboxylic acid groups (broad SMARTS) is 1. The smallest absolute Gasteiger partial charge is 0.345 e. The Bertz CT molecular complexity index is 878. The quantitative estimate of drug-likeness (QED) is 0.441. The van der Waals surface area contributed by atoms with E-state index in [1.54, 1.807) is 11.0 Å². The Morgan fingerprint density at radius 2 is 1.90 bits per heavy atom. The van der Waals surface area contributed by atoms with E-state index in [4.69, 9.17) is 5.11 Å². The number of thiophene rings is 1. The van der Waals surface area contributed by atoms with Crippen molar-refractivity contribution < 1.29 is 24.9 Å². The Kier molecular flexibility index (Phi) is 8.23. The van der Waals surface area contributed by atoms with Crippen LogP contribution in [0.15, 0.2) is 36.4 Å². The molecule has 168 valence electrons. The van der Waals surface area contributed by atoms with Gasteiger partial charge in [0, 0.05) is 10.6 Å². The van der Waals surface area contributed by atoms with Crippen molar-refractivity contribution in [3.05, 3.63) is 51.7 Å².